The lowest BCUT2D eigenvalue weighted by molar-refractivity contribution is 0.153. The number of nitrogens with zero attached hydrogens (tertiary/aromatic N) is 2. The van der Waals surface area contributed by atoms with Gasteiger partial charge < -0.3 is 19.3 Å². The van der Waals surface area contributed by atoms with E-state index in [-0.39, 0.29) is 5.54 Å². The van der Waals surface area contributed by atoms with Crippen molar-refractivity contribution in [2.45, 2.75) is 32.4 Å². The molecule has 3 aliphatic heterocycles. The summed E-state index contributed by atoms with van der Waals surface area (Å²) in [6, 6.07) is 0.475. The molecule has 3 aliphatic rings. The van der Waals surface area contributed by atoms with Crippen molar-refractivity contribution in [3.05, 3.63) is 11.8 Å². The monoisotopic (exact) mass is 196 g/mol. The van der Waals surface area contributed by atoms with E-state index in [4.69, 9.17) is 9.47 Å². The molecule has 2 fully saturated rings. The fourth-order valence-electron chi connectivity index (χ4n) is 2.22. The van der Waals surface area contributed by atoms with Crippen LogP contribution in [0.1, 0.15) is 20.8 Å². The van der Waals surface area contributed by atoms with Crippen molar-refractivity contribution in [2.75, 3.05) is 19.9 Å². The number of fused-ring (bicyclic) bond motifs is 2. The van der Waals surface area contributed by atoms with Crippen molar-refractivity contribution in [2.24, 2.45) is 0 Å². The Labute approximate surface area is 84.1 Å². The smallest absolute Gasteiger partial charge is 0.254 e. The van der Waals surface area contributed by atoms with Gasteiger partial charge in [0.15, 0.2) is 0 Å². The molecule has 0 spiro atoms. The highest BCUT2D eigenvalue weighted by atomic mass is 16.6. The number of hydrogen-bond donors (Lipinski definition) is 0. The molecule has 2 saturated heterocycles. The summed E-state index contributed by atoms with van der Waals surface area (Å²) in [5, 5.41) is 0. The summed E-state index contributed by atoms with van der Waals surface area (Å²) < 4.78 is 11.3. The van der Waals surface area contributed by atoms with Crippen LogP contribution in [0.15, 0.2) is 11.8 Å². The third-order valence-corrected chi connectivity index (χ3v) is 3.27. The molecule has 1 atom stereocenters. The molecule has 14 heavy (non-hydrogen) atoms. The molecule has 0 aromatic rings. The van der Waals surface area contributed by atoms with Crippen molar-refractivity contribution in [3.8, 4) is 0 Å². The van der Waals surface area contributed by atoms with Gasteiger partial charge in [0.05, 0.1) is 18.2 Å². The molecule has 3 rings (SSSR count). The summed E-state index contributed by atoms with van der Waals surface area (Å²) >= 11 is 0. The summed E-state index contributed by atoms with van der Waals surface area (Å²) in [6.45, 7) is 9.05. The van der Waals surface area contributed by atoms with Gasteiger partial charge in [-0.05, 0) is 20.8 Å². The largest absolute Gasteiger partial charge is 0.473 e. The standard InChI is InChI=1S/C10H16N2O2/c1-7-4-13-8-9-12(6-11(7)8)10(2,3)5-14-9/h7H,4-6H2,1-3H3. The van der Waals surface area contributed by atoms with Crippen molar-refractivity contribution >= 4 is 0 Å². The van der Waals surface area contributed by atoms with E-state index in [0.29, 0.717) is 6.04 Å². The highest BCUT2D eigenvalue weighted by Crippen LogP contribution is 2.40. The second-order valence-corrected chi connectivity index (χ2v) is 4.91. The molecular weight excluding hydrogens is 180 g/mol. The van der Waals surface area contributed by atoms with Crippen molar-refractivity contribution in [1.82, 2.24) is 9.80 Å². The van der Waals surface area contributed by atoms with Gasteiger partial charge in [0.25, 0.3) is 11.8 Å². The van der Waals surface area contributed by atoms with Crippen molar-refractivity contribution < 1.29 is 9.47 Å². The second-order valence-electron chi connectivity index (χ2n) is 4.91. The normalized spacial score (nSPS) is 32.9. The highest BCUT2D eigenvalue weighted by Gasteiger charge is 2.49. The Morgan fingerprint density at radius 3 is 2.86 bits per heavy atom. The van der Waals surface area contributed by atoms with E-state index < -0.39 is 0 Å². The van der Waals surface area contributed by atoms with E-state index in [2.05, 4.69) is 30.6 Å². The number of ether oxygens (including phenoxy) is 2. The van der Waals surface area contributed by atoms with Crippen molar-refractivity contribution in [3.63, 3.8) is 0 Å². The predicted octanol–water partition coefficient (Wildman–Crippen LogP) is 0.916. The molecule has 0 aromatic heterocycles. The minimum absolute atomic E-state index is 0.107. The summed E-state index contributed by atoms with van der Waals surface area (Å²) in [5.74, 6) is 1.89. The summed E-state index contributed by atoms with van der Waals surface area (Å²) in [5.41, 5.74) is 0.107. The van der Waals surface area contributed by atoms with Gasteiger partial charge in [0, 0.05) is 0 Å². The first-order chi connectivity index (χ1) is 6.59. The fourth-order valence-corrected chi connectivity index (χ4v) is 2.22. The molecule has 4 nitrogen and oxygen atoms in total. The maximum absolute atomic E-state index is 5.69. The van der Waals surface area contributed by atoms with Crippen LogP contribution in [0.3, 0.4) is 0 Å². The topological polar surface area (TPSA) is 24.9 Å². The molecule has 4 heteroatoms. The Balaban J connectivity index is 1.99. The molecule has 0 aliphatic carbocycles. The maximum Gasteiger partial charge on any atom is 0.254 e. The maximum atomic E-state index is 5.69. The Morgan fingerprint density at radius 1 is 1.29 bits per heavy atom. The minimum atomic E-state index is 0.107. The van der Waals surface area contributed by atoms with E-state index in [1.807, 2.05) is 0 Å². The molecular formula is C10H16N2O2. The van der Waals surface area contributed by atoms with Crippen LogP contribution in [0, 0.1) is 0 Å². The first kappa shape index (κ1) is 8.26. The zero-order valence-corrected chi connectivity index (χ0v) is 8.91. The Morgan fingerprint density at radius 2 is 2.07 bits per heavy atom. The van der Waals surface area contributed by atoms with Gasteiger partial charge in [-0.2, -0.15) is 0 Å². The molecule has 78 valence electrons. The zero-order chi connectivity index (χ0) is 9.92. The fraction of sp³-hybridized carbons (Fsp3) is 0.800. The molecule has 3 heterocycles. The lowest BCUT2D eigenvalue weighted by Crippen LogP contribution is -2.42. The van der Waals surface area contributed by atoms with Crippen LogP contribution in [-0.4, -0.2) is 41.3 Å². The molecule has 0 bridgehead atoms. The van der Waals surface area contributed by atoms with E-state index in [1.54, 1.807) is 0 Å². The van der Waals surface area contributed by atoms with E-state index in [9.17, 15) is 0 Å². The van der Waals surface area contributed by atoms with Gasteiger partial charge in [-0.15, -0.1) is 0 Å². The average Bonchev–Trinajstić information content (AvgIpc) is 2.70. The van der Waals surface area contributed by atoms with Gasteiger partial charge >= 0.3 is 0 Å². The second kappa shape index (κ2) is 2.30. The minimum Gasteiger partial charge on any atom is -0.473 e. The van der Waals surface area contributed by atoms with Gasteiger partial charge in [-0.3, -0.25) is 0 Å². The molecule has 0 saturated carbocycles. The zero-order valence-electron chi connectivity index (χ0n) is 8.91. The average molecular weight is 196 g/mol. The van der Waals surface area contributed by atoms with Gasteiger partial charge in [-0.1, -0.05) is 0 Å². The first-order valence-corrected chi connectivity index (χ1v) is 5.14. The molecule has 1 unspecified atom stereocenters. The van der Waals surface area contributed by atoms with Crippen LogP contribution >= 0.6 is 0 Å². The quantitative estimate of drug-likeness (QED) is 0.575. The van der Waals surface area contributed by atoms with Crippen LogP contribution in [-0.2, 0) is 9.47 Å². The Bertz CT molecular complexity index is 311. The van der Waals surface area contributed by atoms with Crippen LogP contribution in [0.25, 0.3) is 0 Å². The summed E-state index contributed by atoms with van der Waals surface area (Å²) in [6.07, 6.45) is 0. The lowest BCUT2D eigenvalue weighted by Gasteiger charge is -2.29. The number of hydrogen-bond acceptors (Lipinski definition) is 4. The van der Waals surface area contributed by atoms with Crippen LogP contribution < -0.4 is 0 Å². The van der Waals surface area contributed by atoms with Crippen LogP contribution in [0.2, 0.25) is 0 Å². The molecule has 0 radical (unpaired) electrons. The summed E-state index contributed by atoms with van der Waals surface area (Å²) in [4.78, 5) is 4.56. The van der Waals surface area contributed by atoms with Crippen molar-refractivity contribution in [1.29, 1.82) is 0 Å². The lowest BCUT2D eigenvalue weighted by atomic mass is 10.1. The third-order valence-electron chi connectivity index (χ3n) is 3.27. The van der Waals surface area contributed by atoms with Crippen LogP contribution in [0.4, 0.5) is 0 Å². The molecule has 0 aromatic carbocycles. The van der Waals surface area contributed by atoms with Gasteiger partial charge in [0.1, 0.15) is 13.2 Å². The predicted molar refractivity (Wildman–Crippen MR) is 51.0 cm³/mol. The Hall–Kier alpha value is -1.06. The molecule has 0 N–H and O–H groups in total. The van der Waals surface area contributed by atoms with Gasteiger partial charge in [0.2, 0.25) is 0 Å². The van der Waals surface area contributed by atoms with E-state index in [1.165, 1.54) is 0 Å². The first-order valence-electron chi connectivity index (χ1n) is 5.14. The summed E-state index contributed by atoms with van der Waals surface area (Å²) in [7, 11) is 0. The molecule has 0 amide bonds. The highest BCUT2D eigenvalue weighted by molar-refractivity contribution is 5.17. The Kier molecular flexibility index (Phi) is 1.36. The SMILES string of the molecule is CC1COC2=C3OCC(C)(C)N3CN21. The van der Waals surface area contributed by atoms with E-state index in [0.717, 1.165) is 31.6 Å². The van der Waals surface area contributed by atoms with Crippen LogP contribution in [0.5, 0.6) is 0 Å². The van der Waals surface area contributed by atoms with Gasteiger partial charge in [-0.25, -0.2) is 0 Å². The third kappa shape index (κ3) is 0.837. The van der Waals surface area contributed by atoms with E-state index >= 15 is 0 Å². The number of rotatable bonds is 0.